The second-order valence-corrected chi connectivity index (χ2v) is 6.99. The predicted octanol–water partition coefficient (Wildman–Crippen LogP) is 3.55. The molecule has 1 saturated heterocycles. The van der Waals surface area contributed by atoms with Crippen molar-refractivity contribution in [2.75, 3.05) is 32.7 Å². The molecule has 0 aliphatic carbocycles. The molecule has 0 saturated carbocycles. The molecule has 7 nitrogen and oxygen atoms in total. The average molecular weight is 427 g/mol. The molecular formula is C20H28F3N5O2. The van der Waals surface area contributed by atoms with E-state index in [2.05, 4.69) is 10.3 Å². The fourth-order valence-electron chi connectivity index (χ4n) is 2.87. The summed E-state index contributed by atoms with van der Waals surface area (Å²) in [6.07, 6.45) is -2.72. The third kappa shape index (κ3) is 6.30. The van der Waals surface area contributed by atoms with E-state index in [0.717, 1.165) is 19.8 Å². The number of alkyl halides is 3. The first kappa shape index (κ1) is 23.4. The molecule has 1 aliphatic rings. The molecule has 166 valence electrons. The van der Waals surface area contributed by atoms with Gasteiger partial charge in [0.2, 0.25) is 0 Å². The largest absolute Gasteiger partial charge is 0.429 e. The summed E-state index contributed by atoms with van der Waals surface area (Å²) in [5.41, 5.74) is -0.742. The zero-order valence-electron chi connectivity index (χ0n) is 17.1. The summed E-state index contributed by atoms with van der Waals surface area (Å²) in [6.45, 7) is 4.95. The molecule has 1 aromatic carbocycles. The number of aliphatic imine (C=N–C) groups is 1. The molecule has 1 aromatic rings. The number of amidine groups is 1. The molecule has 0 atom stereocenters. The quantitative estimate of drug-likeness (QED) is 0.428. The van der Waals surface area contributed by atoms with Crippen LogP contribution in [-0.4, -0.2) is 72.2 Å². The smallest absolute Gasteiger partial charge is 0.338 e. The third-order valence-electron chi connectivity index (χ3n) is 4.73. The van der Waals surface area contributed by atoms with E-state index in [4.69, 9.17) is 5.41 Å². The van der Waals surface area contributed by atoms with Gasteiger partial charge in [-0.2, -0.15) is 13.2 Å². The van der Waals surface area contributed by atoms with Crippen LogP contribution in [0.15, 0.2) is 29.3 Å². The first-order valence-corrected chi connectivity index (χ1v) is 9.77. The van der Waals surface area contributed by atoms with Crippen LogP contribution in [0.3, 0.4) is 0 Å². The highest BCUT2D eigenvalue weighted by Gasteiger charge is 2.32. The van der Waals surface area contributed by atoms with Gasteiger partial charge in [0.1, 0.15) is 5.71 Å². The molecular weight excluding hydrogens is 399 g/mol. The summed E-state index contributed by atoms with van der Waals surface area (Å²) in [6, 6.07) is 5.70. The highest BCUT2D eigenvalue weighted by Crippen LogP contribution is 2.18. The van der Waals surface area contributed by atoms with Crippen LogP contribution in [0, 0.1) is 5.41 Å². The van der Waals surface area contributed by atoms with E-state index in [9.17, 15) is 22.8 Å². The maximum Gasteiger partial charge on any atom is 0.429 e. The molecule has 3 amide bonds. The van der Waals surface area contributed by atoms with Crippen LogP contribution in [0.25, 0.3) is 0 Å². The van der Waals surface area contributed by atoms with Gasteiger partial charge in [-0.25, -0.2) is 9.79 Å². The molecule has 1 aliphatic heterocycles. The zero-order valence-corrected chi connectivity index (χ0v) is 17.1. The average Bonchev–Trinajstić information content (AvgIpc) is 2.72. The van der Waals surface area contributed by atoms with Crippen LogP contribution >= 0.6 is 0 Å². The van der Waals surface area contributed by atoms with Crippen LogP contribution in [0.4, 0.5) is 18.0 Å². The number of benzene rings is 1. The van der Waals surface area contributed by atoms with Crippen molar-refractivity contribution >= 4 is 23.5 Å². The lowest BCUT2D eigenvalue weighted by Gasteiger charge is -2.34. The van der Waals surface area contributed by atoms with Gasteiger partial charge in [0.25, 0.3) is 5.91 Å². The van der Waals surface area contributed by atoms with Crippen LogP contribution in [0.1, 0.15) is 44.0 Å². The van der Waals surface area contributed by atoms with Crippen LogP contribution in [0.5, 0.6) is 0 Å². The number of urea groups is 1. The molecule has 1 fully saturated rings. The Morgan fingerprint density at radius 1 is 1.17 bits per heavy atom. The summed E-state index contributed by atoms with van der Waals surface area (Å²) in [4.78, 5) is 31.4. The van der Waals surface area contributed by atoms with E-state index >= 15 is 0 Å². The molecule has 2 rings (SSSR count). The number of piperazine rings is 1. The zero-order chi connectivity index (χ0) is 22.3. The molecule has 0 radical (unpaired) electrons. The van der Waals surface area contributed by atoms with Gasteiger partial charge in [0.15, 0.2) is 5.84 Å². The Morgan fingerprint density at radius 2 is 1.77 bits per heavy atom. The molecule has 0 spiro atoms. The number of nitrogens with zero attached hydrogens (tertiary/aromatic N) is 3. The number of amides is 3. The number of rotatable bonds is 5. The van der Waals surface area contributed by atoms with Crippen molar-refractivity contribution in [3.63, 3.8) is 0 Å². The lowest BCUT2D eigenvalue weighted by Crippen LogP contribution is -2.53. The van der Waals surface area contributed by atoms with Gasteiger partial charge in [-0.15, -0.1) is 0 Å². The van der Waals surface area contributed by atoms with Gasteiger partial charge in [0, 0.05) is 45.3 Å². The van der Waals surface area contributed by atoms with Crippen molar-refractivity contribution in [2.24, 2.45) is 4.99 Å². The van der Waals surface area contributed by atoms with Gasteiger partial charge in [-0.3, -0.25) is 10.2 Å². The topological polar surface area (TPSA) is 88.9 Å². The van der Waals surface area contributed by atoms with Gasteiger partial charge < -0.3 is 15.1 Å². The van der Waals surface area contributed by atoms with Crippen molar-refractivity contribution in [1.82, 2.24) is 15.1 Å². The number of unbranched alkanes of at least 4 members (excludes halogenated alkanes) is 1. The fourth-order valence-corrected chi connectivity index (χ4v) is 2.87. The van der Waals surface area contributed by atoms with Gasteiger partial charge in [0.05, 0.1) is 0 Å². The van der Waals surface area contributed by atoms with E-state index in [-0.39, 0.29) is 24.5 Å². The molecule has 2 N–H and O–H groups in total. The second-order valence-electron chi connectivity index (χ2n) is 6.99. The molecule has 30 heavy (non-hydrogen) atoms. The van der Waals surface area contributed by atoms with Gasteiger partial charge >= 0.3 is 12.2 Å². The minimum atomic E-state index is -4.61. The summed E-state index contributed by atoms with van der Waals surface area (Å²) < 4.78 is 37.9. The molecule has 1 heterocycles. The Kier molecular flexibility index (Phi) is 7.96. The predicted molar refractivity (Wildman–Crippen MR) is 110 cm³/mol. The third-order valence-corrected chi connectivity index (χ3v) is 4.73. The van der Waals surface area contributed by atoms with Crippen molar-refractivity contribution < 1.29 is 24.2 Å². The van der Waals surface area contributed by atoms with Gasteiger partial charge in [-0.1, -0.05) is 25.5 Å². The number of hydrogen-bond donors (Lipinski definition) is 2. The van der Waals surface area contributed by atoms with E-state index in [0.29, 0.717) is 32.7 Å². The van der Waals surface area contributed by atoms with Crippen molar-refractivity contribution in [1.29, 1.82) is 5.41 Å². The Morgan fingerprint density at radius 3 is 2.37 bits per heavy atom. The fraction of sp³-hybridized carbons (Fsp3) is 0.500. The summed E-state index contributed by atoms with van der Waals surface area (Å²) >= 11 is 0. The summed E-state index contributed by atoms with van der Waals surface area (Å²) in [7, 11) is 0. The van der Waals surface area contributed by atoms with Crippen LogP contribution < -0.4 is 5.32 Å². The Bertz CT molecular complexity index is 821. The standard InChI is InChI=1S/C20H26F3N5O2.H2/c1-3-4-8-25-19(30)28-11-9-27(10-12-28)18(29)16-7-5-6-15(13-16)17(24)26-14(2)20(21,22)23;/h5-7,13,24H,3-4,8-12H2,1-2H3,(H,25,30);1H. The minimum absolute atomic E-state index is 0. The van der Waals surface area contributed by atoms with E-state index < -0.39 is 17.7 Å². The van der Waals surface area contributed by atoms with Crippen molar-refractivity contribution in [3.8, 4) is 0 Å². The van der Waals surface area contributed by atoms with Crippen LogP contribution in [0.2, 0.25) is 0 Å². The van der Waals surface area contributed by atoms with E-state index in [1.54, 1.807) is 15.9 Å². The first-order valence-electron chi connectivity index (χ1n) is 9.77. The maximum absolute atomic E-state index is 12.8. The van der Waals surface area contributed by atoms with Crippen LogP contribution in [-0.2, 0) is 0 Å². The number of halogens is 3. The normalized spacial score (nSPS) is 15.2. The molecule has 0 aromatic heterocycles. The molecule has 0 bridgehead atoms. The highest BCUT2D eigenvalue weighted by molar-refractivity contribution is 6.07. The highest BCUT2D eigenvalue weighted by atomic mass is 19.4. The molecule has 0 unspecified atom stereocenters. The monoisotopic (exact) mass is 427 g/mol. The lowest BCUT2D eigenvalue weighted by atomic mass is 10.1. The number of carbonyl (C=O) groups excluding carboxylic acids is 2. The van der Waals surface area contributed by atoms with Gasteiger partial charge in [-0.05, 0) is 25.5 Å². The Balaban J connectivity index is 0.00000480. The van der Waals surface area contributed by atoms with Crippen molar-refractivity contribution in [2.45, 2.75) is 32.9 Å². The van der Waals surface area contributed by atoms with E-state index in [1.807, 2.05) is 6.92 Å². The Hall–Kier alpha value is -2.91. The SMILES string of the molecule is CCCCNC(=O)N1CCN(C(=O)c2cccc(C(=N)N=C(C)C(F)(F)F)c2)CC1.[HH]. The van der Waals surface area contributed by atoms with Crippen molar-refractivity contribution in [3.05, 3.63) is 35.4 Å². The second kappa shape index (κ2) is 10.2. The minimum Gasteiger partial charge on any atom is -0.338 e. The number of nitrogens with one attached hydrogen (secondary N) is 2. The molecule has 10 heteroatoms. The maximum atomic E-state index is 12.8. The summed E-state index contributed by atoms with van der Waals surface area (Å²) in [5.74, 6) is -0.861. The number of hydrogen-bond acceptors (Lipinski definition) is 3. The number of carbonyl (C=O) groups is 2. The Labute approximate surface area is 174 Å². The first-order chi connectivity index (χ1) is 14.1. The lowest BCUT2D eigenvalue weighted by molar-refractivity contribution is -0.0590. The summed E-state index contributed by atoms with van der Waals surface area (Å²) in [5, 5.41) is 10.6. The van der Waals surface area contributed by atoms with E-state index in [1.165, 1.54) is 18.2 Å².